The monoisotopic (exact) mass is 324 g/mol. The summed E-state index contributed by atoms with van der Waals surface area (Å²) >= 11 is 0. The predicted molar refractivity (Wildman–Crippen MR) is 90.4 cm³/mol. The zero-order valence-corrected chi connectivity index (χ0v) is 13.7. The van der Waals surface area contributed by atoms with E-state index in [0.717, 1.165) is 12.8 Å². The number of unbranched alkanes of at least 4 members (excludes halogenated alkanes) is 8. The van der Waals surface area contributed by atoms with Crippen molar-refractivity contribution in [2.45, 2.75) is 84.3 Å². The minimum atomic E-state index is -0.880. The van der Waals surface area contributed by atoms with E-state index in [-0.39, 0.29) is 49.1 Å². The molecule has 0 radical (unpaired) electrons. The summed E-state index contributed by atoms with van der Waals surface area (Å²) in [7, 11) is 0. The van der Waals surface area contributed by atoms with E-state index in [1.54, 1.807) is 6.92 Å². The molecule has 4 nitrogen and oxygen atoms in total. The standard InChI is InChI=1S/C17H32O4.Na.H/c1-3-4-5-6-7-8-9-10-11-12-15-20-13-17(2,14-21-15)16(18)19;;/h15H,3-14H2,1-2H3,(H,18,19);;. The van der Waals surface area contributed by atoms with Crippen molar-refractivity contribution in [3.63, 3.8) is 0 Å². The van der Waals surface area contributed by atoms with Crippen molar-refractivity contribution in [1.82, 2.24) is 0 Å². The van der Waals surface area contributed by atoms with Gasteiger partial charge in [0.25, 0.3) is 0 Å². The first-order valence-corrected chi connectivity index (χ1v) is 8.55. The Bertz CT molecular complexity index is 288. The third-order valence-corrected chi connectivity index (χ3v) is 4.24. The van der Waals surface area contributed by atoms with Crippen LogP contribution in [0, 0.1) is 5.41 Å². The number of aliphatic carboxylic acids is 1. The van der Waals surface area contributed by atoms with E-state index in [1.165, 1.54) is 51.4 Å². The third kappa shape index (κ3) is 8.88. The Hall–Kier alpha value is 0.390. The Morgan fingerprint density at radius 3 is 1.91 bits per heavy atom. The van der Waals surface area contributed by atoms with Gasteiger partial charge >= 0.3 is 35.5 Å². The van der Waals surface area contributed by atoms with Gasteiger partial charge in [0.2, 0.25) is 0 Å². The molecule has 0 unspecified atom stereocenters. The van der Waals surface area contributed by atoms with Crippen LogP contribution in [0.3, 0.4) is 0 Å². The fourth-order valence-electron chi connectivity index (χ4n) is 2.56. The molecule has 0 atom stereocenters. The summed E-state index contributed by atoms with van der Waals surface area (Å²) in [5.74, 6) is -0.843. The van der Waals surface area contributed by atoms with Gasteiger partial charge < -0.3 is 14.6 Å². The van der Waals surface area contributed by atoms with Crippen LogP contribution in [0.25, 0.3) is 0 Å². The second-order valence-electron chi connectivity index (χ2n) is 6.53. The van der Waals surface area contributed by atoms with Crippen molar-refractivity contribution < 1.29 is 19.4 Å². The quantitative estimate of drug-likeness (QED) is 0.465. The Morgan fingerprint density at radius 1 is 1.00 bits per heavy atom. The van der Waals surface area contributed by atoms with E-state index >= 15 is 0 Å². The van der Waals surface area contributed by atoms with E-state index in [4.69, 9.17) is 14.6 Å². The van der Waals surface area contributed by atoms with Gasteiger partial charge in [-0.1, -0.05) is 58.3 Å². The molecule has 1 saturated heterocycles. The van der Waals surface area contributed by atoms with Crippen LogP contribution < -0.4 is 0 Å². The van der Waals surface area contributed by atoms with E-state index in [1.807, 2.05) is 0 Å². The first kappa shape index (κ1) is 22.4. The van der Waals surface area contributed by atoms with Crippen molar-refractivity contribution in [3.8, 4) is 0 Å². The molecule has 1 aliphatic rings. The number of carbonyl (C=O) groups is 1. The molecule has 0 spiro atoms. The Labute approximate surface area is 157 Å². The molecule has 1 N–H and O–H groups in total. The van der Waals surface area contributed by atoms with Crippen LogP contribution in [-0.2, 0) is 14.3 Å². The molecule has 1 fully saturated rings. The summed E-state index contributed by atoms with van der Waals surface area (Å²) < 4.78 is 11.0. The van der Waals surface area contributed by atoms with Gasteiger partial charge in [-0.3, -0.25) is 4.79 Å². The normalized spacial score (nSPS) is 24.7. The van der Waals surface area contributed by atoms with Crippen LogP contribution in [-0.4, -0.2) is 60.1 Å². The van der Waals surface area contributed by atoms with E-state index in [0.29, 0.717) is 0 Å². The van der Waals surface area contributed by atoms with Gasteiger partial charge in [0, 0.05) is 0 Å². The second-order valence-corrected chi connectivity index (χ2v) is 6.53. The van der Waals surface area contributed by atoms with Crippen LogP contribution in [0.15, 0.2) is 0 Å². The molecule has 0 aromatic carbocycles. The molecule has 0 saturated carbocycles. The van der Waals surface area contributed by atoms with Gasteiger partial charge in [-0.05, 0) is 19.8 Å². The van der Waals surface area contributed by atoms with Crippen molar-refractivity contribution in [1.29, 1.82) is 0 Å². The maximum absolute atomic E-state index is 11.0. The van der Waals surface area contributed by atoms with Gasteiger partial charge in [-0.2, -0.15) is 0 Å². The molecular weight excluding hydrogens is 291 g/mol. The molecule has 1 aliphatic heterocycles. The van der Waals surface area contributed by atoms with Crippen molar-refractivity contribution in [3.05, 3.63) is 0 Å². The Balaban J connectivity index is 0.00000441. The summed E-state index contributed by atoms with van der Waals surface area (Å²) in [4.78, 5) is 11.0. The molecule has 0 aromatic heterocycles. The minimum absolute atomic E-state index is 0. The summed E-state index contributed by atoms with van der Waals surface area (Å²) in [5.41, 5.74) is -0.880. The average molecular weight is 324 g/mol. The van der Waals surface area contributed by atoms with Gasteiger partial charge in [0.15, 0.2) is 6.29 Å². The molecule has 1 heterocycles. The van der Waals surface area contributed by atoms with E-state index in [9.17, 15) is 4.79 Å². The maximum atomic E-state index is 11.0. The average Bonchev–Trinajstić information content (AvgIpc) is 2.47. The molecule has 0 aliphatic carbocycles. The Morgan fingerprint density at radius 2 is 1.45 bits per heavy atom. The molecule has 5 heteroatoms. The SMILES string of the molecule is CCCCCCCCCCCC1OCC(C)(C(=O)O)CO1.[NaH]. The summed E-state index contributed by atoms with van der Waals surface area (Å²) in [6.45, 7) is 4.42. The topological polar surface area (TPSA) is 55.8 Å². The Kier molecular flexibility index (Phi) is 13.0. The number of hydrogen-bond acceptors (Lipinski definition) is 3. The number of carboxylic acid groups (broad SMARTS) is 1. The van der Waals surface area contributed by atoms with Crippen LogP contribution >= 0.6 is 0 Å². The van der Waals surface area contributed by atoms with Crippen LogP contribution in [0.2, 0.25) is 0 Å². The summed E-state index contributed by atoms with van der Waals surface area (Å²) in [6.07, 6.45) is 12.4. The number of carboxylic acids is 1. The van der Waals surface area contributed by atoms with E-state index < -0.39 is 11.4 Å². The zero-order valence-electron chi connectivity index (χ0n) is 13.7. The first-order valence-electron chi connectivity index (χ1n) is 8.55. The summed E-state index contributed by atoms with van der Waals surface area (Å²) in [6, 6.07) is 0. The first-order chi connectivity index (χ1) is 10.1. The summed E-state index contributed by atoms with van der Waals surface area (Å²) in [5, 5.41) is 9.07. The number of rotatable bonds is 11. The molecule has 22 heavy (non-hydrogen) atoms. The van der Waals surface area contributed by atoms with Gasteiger partial charge in [-0.25, -0.2) is 0 Å². The van der Waals surface area contributed by atoms with Crippen molar-refractivity contribution in [2.24, 2.45) is 5.41 Å². The molecular formula is C17H33NaO4. The predicted octanol–water partition coefficient (Wildman–Crippen LogP) is 3.72. The molecule has 1 rings (SSSR count). The number of hydrogen-bond donors (Lipinski definition) is 1. The molecule has 0 aromatic rings. The molecule has 126 valence electrons. The molecule has 0 bridgehead atoms. The van der Waals surface area contributed by atoms with Gasteiger partial charge in [-0.15, -0.1) is 0 Å². The fourth-order valence-corrected chi connectivity index (χ4v) is 2.56. The second kappa shape index (κ2) is 12.8. The van der Waals surface area contributed by atoms with Crippen LogP contribution in [0.1, 0.15) is 78.1 Å². The fraction of sp³-hybridized carbons (Fsp3) is 0.941. The molecule has 0 amide bonds. The van der Waals surface area contributed by atoms with Crippen molar-refractivity contribution >= 4 is 35.5 Å². The van der Waals surface area contributed by atoms with Crippen molar-refractivity contribution in [2.75, 3.05) is 13.2 Å². The van der Waals surface area contributed by atoms with Crippen LogP contribution in [0.5, 0.6) is 0 Å². The van der Waals surface area contributed by atoms with Gasteiger partial charge in [0.1, 0.15) is 5.41 Å². The van der Waals surface area contributed by atoms with Crippen LogP contribution in [0.4, 0.5) is 0 Å². The third-order valence-electron chi connectivity index (χ3n) is 4.24. The van der Waals surface area contributed by atoms with Gasteiger partial charge in [0.05, 0.1) is 13.2 Å². The van der Waals surface area contributed by atoms with E-state index in [2.05, 4.69) is 6.92 Å². The zero-order chi connectivity index (χ0) is 15.6. The number of ether oxygens (including phenoxy) is 2.